The maximum Gasteiger partial charge on any atom is 0.0780 e. The number of halogens is 1. The highest BCUT2D eigenvalue weighted by atomic mass is 35.5. The molecule has 0 fully saturated rings. The fraction of sp³-hybridized carbons (Fsp3) is 1.00. The van der Waals surface area contributed by atoms with Crippen LogP contribution >= 0.6 is 0 Å². The smallest absolute Gasteiger partial charge is 0.0780 e. The second kappa shape index (κ2) is 13.2. The average molecular weight is 292 g/mol. The zero-order chi connectivity index (χ0) is 13.9. The predicted molar refractivity (Wildman–Crippen MR) is 83.9 cm³/mol. The van der Waals surface area contributed by atoms with Crippen LogP contribution in [0.2, 0.25) is 0 Å². The maximum absolute atomic E-state index is 2.33. The van der Waals surface area contributed by atoms with Crippen molar-refractivity contribution in [2.45, 2.75) is 78.1 Å². The first-order valence-corrected chi connectivity index (χ1v) is 8.22. The number of hydrogen-bond donors (Lipinski definition) is 0. The molecule has 0 aliphatic heterocycles. The highest BCUT2D eigenvalue weighted by Gasteiger charge is 2.04. The van der Waals surface area contributed by atoms with Gasteiger partial charge in [0.2, 0.25) is 0 Å². The highest BCUT2D eigenvalue weighted by molar-refractivity contribution is 4.49. The minimum atomic E-state index is 0. The van der Waals surface area contributed by atoms with Gasteiger partial charge in [0.25, 0.3) is 0 Å². The van der Waals surface area contributed by atoms with E-state index >= 15 is 0 Å². The summed E-state index contributed by atoms with van der Waals surface area (Å²) in [6.45, 7) is 5.99. The molecular weight excluding hydrogens is 254 g/mol. The van der Waals surface area contributed by atoms with Gasteiger partial charge in [0.15, 0.2) is 0 Å². The Labute approximate surface area is 129 Å². The highest BCUT2D eigenvalue weighted by Crippen LogP contribution is 2.13. The van der Waals surface area contributed by atoms with Gasteiger partial charge < -0.3 is 16.9 Å². The lowest BCUT2D eigenvalue weighted by atomic mass is 10.0. The molecule has 0 N–H and O–H groups in total. The fourth-order valence-corrected chi connectivity index (χ4v) is 2.38. The van der Waals surface area contributed by atoms with Gasteiger partial charge in [-0.25, -0.2) is 0 Å². The Hall–Kier alpha value is 0.250. The van der Waals surface area contributed by atoms with Crippen molar-refractivity contribution in [2.24, 2.45) is 5.92 Å². The Morgan fingerprint density at radius 2 is 1.00 bits per heavy atom. The normalized spacial score (nSPS) is 11.7. The average Bonchev–Trinajstić information content (AvgIpc) is 2.24. The summed E-state index contributed by atoms with van der Waals surface area (Å²) in [5.74, 6) is 0.895. The van der Waals surface area contributed by atoms with E-state index in [2.05, 4.69) is 35.0 Å². The van der Waals surface area contributed by atoms with Crippen LogP contribution in [0, 0.1) is 5.92 Å². The first-order valence-electron chi connectivity index (χ1n) is 8.22. The van der Waals surface area contributed by atoms with Crippen LogP contribution in [0.25, 0.3) is 0 Å². The lowest BCUT2D eigenvalue weighted by Gasteiger charge is -2.23. The number of unbranched alkanes of at least 4 members (excludes halogenated alkanes) is 8. The van der Waals surface area contributed by atoms with Gasteiger partial charge in [-0.05, 0) is 18.8 Å². The van der Waals surface area contributed by atoms with Crippen molar-refractivity contribution in [1.82, 2.24) is 0 Å². The summed E-state index contributed by atoms with van der Waals surface area (Å²) in [5, 5.41) is 0. The SMILES string of the molecule is CC(C)CCCCCCCCCCC[N+](C)(C)C.[Cl-]. The van der Waals surface area contributed by atoms with Crippen molar-refractivity contribution in [3.05, 3.63) is 0 Å². The number of rotatable bonds is 12. The molecule has 0 radical (unpaired) electrons. The van der Waals surface area contributed by atoms with Crippen LogP contribution in [0.15, 0.2) is 0 Å². The van der Waals surface area contributed by atoms with Crippen LogP contribution in [-0.4, -0.2) is 32.2 Å². The van der Waals surface area contributed by atoms with E-state index in [9.17, 15) is 0 Å². The molecule has 0 aromatic carbocycles. The summed E-state index contributed by atoms with van der Waals surface area (Å²) in [7, 11) is 6.87. The largest absolute Gasteiger partial charge is 1.00 e. The summed E-state index contributed by atoms with van der Waals surface area (Å²) < 4.78 is 1.12. The van der Waals surface area contributed by atoms with E-state index < -0.39 is 0 Å². The summed E-state index contributed by atoms with van der Waals surface area (Å²) in [6.07, 6.45) is 14.5. The number of nitrogens with zero attached hydrogens (tertiary/aromatic N) is 1. The van der Waals surface area contributed by atoms with Crippen molar-refractivity contribution in [3.8, 4) is 0 Å². The van der Waals surface area contributed by atoms with E-state index in [1.165, 1.54) is 70.8 Å². The Kier molecular flexibility index (Phi) is 15.0. The van der Waals surface area contributed by atoms with Crippen LogP contribution in [-0.2, 0) is 0 Å². The number of hydrogen-bond acceptors (Lipinski definition) is 0. The van der Waals surface area contributed by atoms with Crippen molar-refractivity contribution in [2.75, 3.05) is 27.7 Å². The minimum absolute atomic E-state index is 0. The van der Waals surface area contributed by atoms with Crippen molar-refractivity contribution in [1.29, 1.82) is 0 Å². The van der Waals surface area contributed by atoms with Crippen molar-refractivity contribution in [3.63, 3.8) is 0 Å². The topological polar surface area (TPSA) is 0 Å². The van der Waals surface area contributed by atoms with E-state index in [1.54, 1.807) is 0 Å². The summed E-state index contributed by atoms with van der Waals surface area (Å²) >= 11 is 0. The van der Waals surface area contributed by atoms with Crippen molar-refractivity contribution < 1.29 is 16.9 Å². The Morgan fingerprint density at radius 1 is 0.632 bits per heavy atom. The van der Waals surface area contributed by atoms with E-state index in [-0.39, 0.29) is 12.4 Å². The molecule has 0 atom stereocenters. The van der Waals surface area contributed by atoms with Gasteiger partial charge in [-0.1, -0.05) is 65.2 Å². The molecule has 0 rings (SSSR count). The van der Waals surface area contributed by atoms with Crippen LogP contribution in [0.1, 0.15) is 78.1 Å². The monoisotopic (exact) mass is 291 g/mol. The predicted octanol–water partition coefficient (Wildman–Crippen LogP) is 2.25. The molecule has 0 aromatic rings. The van der Waals surface area contributed by atoms with Crippen LogP contribution in [0.4, 0.5) is 0 Å². The number of quaternary nitrogens is 1. The van der Waals surface area contributed by atoms with Gasteiger partial charge in [-0.3, -0.25) is 0 Å². The van der Waals surface area contributed by atoms with E-state index in [1.807, 2.05) is 0 Å². The third-order valence-electron chi connectivity index (χ3n) is 3.61. The van der Waals surface area contributed by atoms with Crippen LogP contribution in [0.5, 0.6) is 0 Å². The second-order valence-electron chi connectivity index (χ2n) is 7.38. The molecule has 1 nitrogen and oxygen atoms in total. The Bertz CT molecular complexity index is 173. The lowest BCUT2D eigenvalue weighted by molar-refractivity contribution is -0.870. The summed E-state index contributed by atoms with van der Waals surface area (Å²) in [6, 6.07) is 0. The molecule has 0 bridgehead atoms. The lowest BCUT2D eigenvalue weighted by Crippen LogP contribution is -3.00. The maximum atomic E-state index is 2.33. The zero-order valence-corrected chi connectivity index (χ0v) is 14.9. The molecular formula is C17H38ClN. The molecule has 118 valence electrons. The second-order valence-corrected chi connectivity index (χ2v) is 7.38. The molecule has 0 saturated carbocycles. The van der Waals surface area contributed by atoms with E-state index in [0.717, 1.165) is 10.4 Å². The molecule has 0 aromatic heterocycles. The minimum Gasteiger partial charge on any atom is -1.00 e. The van der Waals surface area contributed by atoms with Gasteiger partial charge in [-0.2, -0.15) is 0 Å². The summed E-state index contributed by atoms with van der Waals surface area (Å²) in [5.41, 5.74) is 0. The molecule has 0 amide bonds. The van der Waals surface area contributed by atoms with Gasteiger partial charge in [0.1, 0.15) is 0 Å². The van der Waals surface area contributed by atoms with Crippen molar-refractivity contribution >= 4 is 0 Å². The van der Waals surface area contributed by atoms with Gasteiger partial charge >= 0.3 is 0 Å². The zero-order valence-electron chi connectivity index (χ0n) is 14.2. The molecule has 0 heterocycles. The Morgan fingerprint density at radius 3 is 1.37 bits per heavy atom. The van der Waals surface area contributed by atoms with Gasteiger partial charge in [0.05, 0.1) is 27.7 Å². The molecule has 0 spiro atoms. The third-order valence-corrected chi connectivity index (χ3v) is 3.61. The first kappa shape index (κ1) is 21.5. The first-order chi connectivity index (χ1) is 8.42. The standard InChI is InChI=1S/C17H38N.ClH/c1-17(2)15-13-11-9-7-6-8-10-12-14-16-18(3,4)5;/h17H,6-16H2,1-5H3;1H/q+1;/p-1. The molecule has 2 heteroatoms. The molecule has 0 aliphatic carbocycles. The van der Waals surface area contributed by atoms with Crippen LogP contribution in [0.3, 0.4) is 0 Å². The Balaban J connectivity index is 0. The fourth-order valence-electron chi connectivity index (χ4n) is 2.38. The van der Waals surface area contributed by atoms with Gasteiger partial charge in [-0.15, -0.1) is 0 Å². The van der Waals surface area contributed by atoms with E-state index in [0.29, 0.717) is 0 Å². The molecule has 0 unspecified atom stereocenters. The van der Waals surface area contributed by atoms with Gasteiger partial charge in [0, 0.05) is 0 Å². The van der Waals surface area contributed by atoms with Crippen LogP contribution < -0.4 is 12.4 Å². The third kappa shape index (κ3) is 20.7. The molecule has 0 aliphatic rings. The molecule has 0 saturated heterocycles. The molecule has 19 heavy (non-hydrogen) atoms. The quantitative estimate of drug-likeness (QED) is 0.382. The summed E-state index contributed by atoms with van der Waals surface area (Å²) in [4.78, 5) is 0. The van der Waals surface area contributed by atoms with E-state index in [4.69, 9.17) is 0 Å².